The van der Waals surface area contributed by atoms with Gasteiger partial charge in [-0.25, -0.2) is 0 Å². The normalized spacial score (nSPS) is 11.2. The molecule has 0 bridgehead atoms. The molecule has 2 aromatic heterocycles. The molecule has 0 aliphatic carbocycles. The first-order valence-electron chi connectivity index (χ1n) is 8.43. The minimum Gasteiger partial charge on any atom is -0.459 e. The average molecular weight is 346 g/mol. The molecule has 0 saturated heterocycles. The van der Waals surface area contributed by atoms with Gasteiger partial charge in [0, 0.05) is 11.7 Å². The van der Waals surface area contributed by atoms with E-state index in [1.807, 2.05) is 62.4 Å². The van der Waals surface area contributed by atoms with E-state index in [2.05, 4.69) is 10.2 Å². The first-order valence-corrected chi connectivity index (χ1v) is 8.43. The molecule has 0 aliphatic heterocycles. The van der Waals surface area contributed by atoms with Crippen molar-refractivity contribution in [2.24, 2.45) is 0 Å². The molecule has 26 heavy (non-hydrogen) atoms. The maximum atomic E-state index is 12.7. The minimum atomic E-state index is -0.166. The molecule has 4 rings (SSSR count). The summed E-state index contributed by atoms with van der Waals surface area (Å²) in [4.78, 5) is 16.0. The van der Waals surface area contributed by atoms with Crippen LogP contribution in [0.2, 0.25) is 0 Å². The number of carbonyl (C=O) groups is 1. The summed E-state index contributed by atoms with van der Waals surface area (Å²) < 4.78 is 5.26. The number of fused-ring (bicyclic) bond motifs is 1. The first-order chi connectivity index (χ1) is 12.6. The maximum absolute atomic E-state index is 12.7. The molecule has 0 fully saturated rings. The zero-order valence-electron chi connectivity index (χ0n) is 14.5. The fourth-order valence-electron chi connectivity index (χ4n) is 2.89. The Morgan fingerprint density at radius 1 is 0.962 bits per heavy atom. The van der Waals surface area contributed by atoms with Gasteiger partial charge in [-0.15, -0.1) is 10.2 Å². The van der Waals surface area contributed by atoms with Crippen LogP contribution in [0.1, 0.15) is 24.4 Å². The highest BCUT2D eigenvalue weighted by Gasteiger charge is 2.22. The molecular weight excluding hydrogens is 328 g/mol. The third-order valence-corrected chi connectivity index (χ3v) is 4.11. The maximum Gasteiger partial charge on any atom is 0.294 e. The summed E-state index contributed by atoms with van der Waals surface area (Å²) in [7, 11) is 0. The standard InChI is InChI=1S/C20H18N4O2/c1-14(2)23(20(25)19-8-5-13-26-19)15-9-11-16(12-10-15)24-21-17-6-3-4-7-18(17)22-24/h3-14H,1-2H3. The Morgan fingerprint density at radius 2 is 1.62 bits per heavy atom. The average Bonchev–Trinajstić information content (AvgIpc) is 3.32. The highest BCUT2D eigenvalue weighted by Crippen LogP contribution is 2.22. The molecule has 0 N–H and O–H groups in total. The van der Waals surface area contributed by atoms with Crippen molar-refractivity contribution in [3.8, 4) is 5.69 Å². The van der Waals surface area contributed by atoms with Crippen LogP contribution in [-0.4, -0.2) is 26.9 Å². The van der Waals surface area contributed by atoms with Gasteiger partial charge in [-0.2, -0.15) is 4.80 Å². The second-order valence-corrected chi connectivity index (χ2v) is 6.24. The summed E-state index contributed by atoms with van der Waals surface area (Å²) in [6, 6.07) is 18.7. The Bertz CT molecular complexity index is 1000. The summed E-state index contributed by atoms with van der Waals surface area (Å²) in [5.74, 6) is 0.156. The van der Waals surface area contributed by atoms with Crippen LogP contribution in [0, 0.1) is 0 Å². The van der Waals surface area contributed by atoms with Crippen LogP contribution in [0.15, 0.2) is 71.3 Å². The second kappa shape index (κ2) is 6.48. The van der Waals surface area contributed by atoms with Crippen molar-refractivity contribution in [1.82, 2.24) is 15.0 Å². The van der Waals surface area contributed by atoms with Gasteiger partial charge in [0.25, 0.3) is 5.91 Å². The van der Waals surface area contributed by atoms with Crippen LogP contribution in [0.25, 0.3) is 16.7 Å². The Morgan fingerprint density at radius 3 is 2.15 bits per heavy atom. The van der Waals surface area contributed by atoms with E-state index in [0.29, 0.717) is 5.76 Å². The topological polar surface area (TPSA) is 64.2 Å². The van der Waals surface area contributed by atoms with E-state index >= 15 is 0 Å². The van der Waals surface area contributed by atoms with Crippen LogP contribution in [0.3, 0.4) is 0 Å². The van der Waals surface area contributed by atoms with E-state index in [1.54, 1.807) is 21.8 Å². The van der Waals surface area contributed by atoms with Gasteiger partial charge < -0.3 is 9.32 Å². The summed E-state index contributed by atoms with van der Waals surface area (Å²) in [6.45, 7) is 3.94. The van der Waals surface area contributed by atoms with Gasteiger partial charge in [0.2, 0.25) is 0 Å². The molecule has 0 radical (unpaired) electrons. The fourth-order valence-corrected chi connectivity index (χ4v) is 2.89. The predicted molar refractivity (Wildman–Crippen MR) is 99.5 cm³/mol. The summed E-state index contributed by atoms with van der Waals surface area (Å²) >= 11 is 0. The van der Waals surface area contributed by atoms with Crippen molar-refractivity contribution >= 4 is 22.6 Å². The molecule has 1 amide bonds. The molecule has 0 unspecified atom stereocenters. The number of anilines is 1. The third kappa shape index (κ3) is 2.86. The van der Waals surface area contributed by atoms with Crippen molar-refractivity contribution in [3.05, 3.63) is 72.7 Å². The lowest BCUT2D eigenvalue weighted by Crippen LogP contribution is -2.36. The van der Waals surface area contributed by atoms with E-state index in [-0.39, 0.29) is 11.9 Å². The van der Waals surface area contributed by atoms with E-state index in [4.69, 9.17) is 4.42 Å². The summed E-state index contributed by atoms with van der Waals surface area (Å²) in [5.41, 5.74) is 3.31. The molecule has 6 nitrogen and oxygen atoms in total. The molecule has 4 aromatic rings. The van der Waals surface area contributed by atoms with Crippen molar-refractivity contribution in [1.29, 1.82) is 0 Å². The largest absolute Gasteiger partial charge is 0.459 e. The zero-order chi connectivity index (χ0) is 18.1. The van der Waals surface area contributed by atoms with Gasteiger partial charge in [-0.1, -0.05) is 12.1 Å². The van der Waals surface area contributed by atoms with Crippen LogP contribution < -0.4 is 4.90 Å². The zero-order valence-corrected chi connectivity index (χ0v) is 14.5. The molecule has 0 spiro atoms. The van der Waals surface area contributed by atoms with Crippen LogP contribution in [-0.2, 0) is 0 Å². The van der Waals surface area contributed by atoms with Crippen molar-refractivity contribution in [2.75, 3.05) is 4.90 Å². The van der Waals surface area contributed by atoms with Gasteiger partial charge in [-0.05, 0) is 62.4 Å². The molecule has 6 heteroatoms. The Hall–Kier alpha value is -3.41. The highest BCUT2D eigenvalue weighted by molar-refractivity contribution is 6.04. The number of benzene rings is 2. The number of carbonyl (C=O) groups excluding carboxylic acids is 1. The SMILES string of the molecule is CC(C)N(C(=O)c1ccco1)c1ccc(-n2nc3ccccc3n2)cc1. The van der Waals surface area contributed by atoms with Crippen molar-refractivity contribution in [2.45, 2.75) is 19.9 Å². The van der Waals surface area contributed by atoms with E-state index in [0.717, 1.165) is 22.4 Å². The minimum absolute atomic E-state index is 0.0103. The monoisotopic (exact) mass is 346 g/mol. The fraction of sp³-hybridized carbons (Fsp3) is 0.150. The third-order valence-electron chi connectivity index (χ3n) is 4.11. The lowest BCUT2D eigenvalue weighted by molar-refractivity contribution is 0.0953. The van der Waals surface area contributed by atoms with Gasteiger partial charge in [0.15, 0.2) is 5.76 Å². The number of hydrogen-bond donors (Lipinski definition) is 0. The Balaban J connectivity index is 1.66. The first kappa shape index (κ1) is 16.1. The van der Waals surface area contributed by atoms with E-state index in [9.17, 15) is 4.79 Å². The van der Waals surface area contributed by atoms with Crippen molar-refractivity contribution in [3.63, 3.8) is 0 Å². The number of furan rings is 1. The lowest BCUT2D eigenvalue weighted by atomic mass is 10.2. The number of amides is 1. The Kier molecular flexibility index (Phi) is 4.01. The highest BCUT2D eigenvalue weighted by atomic mass is 16.3. The number of hydrogen-bond acceptors (Lipinski definition) is 4. The van der Waals surface area contributed by atoms with E-state index in [1.165, 1.54) is 6.26 Å². The summed E-state index contributed by atoms with van der Waals surface area (Å²) in [5, 5.41) is 8.96. The molecule has 0 atom stereocenters. The number of aromatic nitrogens is 3. The quantitative estimate of drug-likeness (QED) is 0.559. The predicted octanol–water partition coefficient (Wildman–Crippen LogP) is 4.07. The molecule has 0 saturated carbocycles. The molecule has 2 aromatic carbocycles. The molecule has 0 aliphatic rings. The van der Waals surface area contributed by atoms with Crippen LogP contribution >= 0.6 is 0 Å². The van der Waals surface area contributed by atoms with Gasteiger partial charge in [0.05, 0.1) is 12.0 Å². The van der Waals surface area contributed by atoms with Gasteiger partial charge in [0.1, 0.15) is 11.0 Å². The molecule has 130 valence electrons. The molecular formula is C20H18N4O2. The summed E-state index contributed by atoms with van der Waals surface area (Å²) in [6.07, 6.45) is 1.50. The molecule has 2 heterocycles. The van der Waals surface area contributed by atoms with Crippen molar-refractivity contribution < 1.29 is 9.21 Å². The lowest BCUT2D eigenvalue weighted by Gasteiger charge is -2.26. The second-order valence-electron chi connectivity index (χ2n) is 6.24. The van der Waals surface area contributed by atoms with Gasteiger partial charge in [-0.3, -0.25) is 4.79 Å². The van der Waals surface area contributed by atoms with Crippen LogP contribution in [0.5, 0.6) is 0 Å². The Labute approximate surface area is 150 Å². The van der Waals surface area contributed by atoms with Gasteiger partial charge >= 0.3 is 0 Å². The van der Waals surface area contributed by atoms with Crippen LogP contribution in [0.4, 0.5) is 5.69 Å². The smallest absolute Gasteiger partial charge is 0.294 e. The van der Waals surface area contributed by atoms with E-state index < -0.39 is 0 Å². The number of nitrogens with zero attached hydrogens (tertiary/aromatic N) is 4. The number of rotatable bonds is 4.